The lowest BCUT2D eigenvalue weighted by molar-refractivity contribution is 0.547. The van der Waals surface area contributed by atoms with Crippen LogP contribution in [0.25, 0.3) is 17.4 Å². The molecule has 1 nitrogen and oxygen atoms in total. The molecule has 2 heteroatoms. The molecule has 0 aliphatic heterocycles. The summed E-state index contributed by atoms with van der Waals surface area (Å²) in [4.78, 5) is 0. The van der Waals surface area contributed by atoms with E-state index in [0.29, 0.717) is 5.76 Å². The van der Waals surface area contributed by atoms with Gasteiger partial charge in [-0.3, -0.25) is 0 Å². The highest BCUT2D eigenvalue weighted by atomic mass is 19.1. The molecular formula is C13H11FO. The Hall–Kier alpha value is -1.83. The molecule has 0 fully saturated rings. The largest absolute Gasteiger partial charge is 0.461 e. The molecule has 0 N–H and O–H groups in total. The van der Waals surface area contributed by atoms with Crippen LogP contribution in [0.1, 0.15) is 11.3 Å². The monoisotopic (exact) mass is 202 g/mol. The van der Waals surface area contributed by atoms with E-state index in [4.69, 9.17) is 4.42 Å². The molecule has 0 unspecified atom stereocenters. The van der Waals surface area contributed by atoms with E-state index >= 15 is 0 Å². The predicted octanol–water partition coefficient (Wildman–Crippen LogP) is 4.04. The lowest BCUT2D eigenvalue weighted by Gasteiger charge is -2.00. The minimum Gasteiger partial charge on any atom is -0.461 e. The summed E-state index contributed by atoms with van der Waals surface area (Å²) >= 11 is 0. The molecule has 0 aliphatic rings. The average Bonchev–Trinajstić information content (AvgIpc) is 2.64. The molecule has 0 atom stereocenters. The second kappa shape index (κ2) is 3.73. The summed E-state index contributed by atoms with van der Waals surface area (Å²) in [5.74, 6) is 1.21. The Labute approximate surface area is 87.9 Å². The van der Waals surface area contributed by atoms with Gasteiger partial charge in [0.15, 0.2) is 0 Å². The molecule has 15 heavy (non-hydrogen) atoms. The third-order valence-corrected chi connectivity index (χ3v) is 2.18. The molecule has 0 aliphatic carbocycles. The molecule has 1 aromatic heterocycles. The molecule has 0 radical (unpaired) electrons. The van der Waals surface area contributed by atoms with Crippen LogP contribution in [0.5, 0.6) is 0 Å². The van der Waals surface area contributed by atoms with Crippen LogP contribution in [0.15, 0.2) is 41.3 Å². The van der Waals surface area contributed by atoms with Crippen LogP contribution >= 0.6 is 0 Å². The van der Waals surface area contributed by atoms with Crippen molar-refractivity contribution in [3.63, 3.8) is 0 Å². The number of halogens is 1. The fourth-order valence-electron chi connectivity index (χ4n) is 1.46. The molecule has 0 amide bonds. The number of benzene rings is 1. The fraction of sp³-hybridized carbons (Fsp3) is 0.0769. The highest BCUT2D eigenvalue weighted by Gasteiger charge is 2.05. The summed E-state index contributed by atoms with van der Waals surface area (Å²) in [6, 6.07) is 8.41. The Balaban J connectivity index is 2.52. The molecule has 0 saturated carbocycles. The van der Waals surface area contributed by atoms with Crippen molar-refractivity contribution in [1.29, 1.82) is 0 Å². The minimum absolute atomic E-state index is 0.281. The highest BCUT2D eigenvalue weighted by molar-refractivity contribution is 5.63. The fourth-order valence-corrected chi connectivity index (χ4v) is 1.46. The summed E-state index contributed by atoms with van der Waals surface area (Å²) in [6.07, 6.45) is 1.61. The van der Waals surface area contributed by atoms with Crippen molar-refractivity contribution in [3.05, 3.63) is 54.1 Å². The van der Waals surface area contributed by atoms with Crippen molar-refractivity contribution in [2.75, 3.05) is 0 Å². The van der Waals surface area contributed by atoms with Crippen molar-refractivity contribution in [2.24, 2.45) is 0 Å². The number of hydrogen-bond acceptors (Lipinski definition) is 1. The zero-order valence-electron chi connectivity index (χ0n) is 8.46. The van der Waals surface area contributed by atoms with E-state index in [-0.39, 0.29) is 5.82 Å². The van der Waals surface area contributed by atoms with Crippen LogP contribution < -0.4 is 0 Å². The van der Waals surface area contributed by atoms with Gasteiger partial charge in [-0.05, 0) is 42.8 Å². The van der Waals surface area contributed by atoms with Gasteiger partial charge >= 0.3 is 0 Å². The maximum Gasteiger partial charge on any atom is 0.134 e. The Kier molecular flexibility index (Phi) is 2.42. The van der Waals surface area contributed by atoms with Crippen LogP contribution in [0.4, 0.5) is 4.39 Å². The first-order chi connectivity index (χ1) is 7.19. The third kappa shape index (κ3) is 1.99. The predicted molar refractivity (Wildman–Crippen MR) is 58.9 cm³/mol. The van der Waals surface area contributed by atoms with Gasteiger partial charge in [-0.2, -0.15) is 0 Å². The third-order valence-electron chi connectivity index (χ3n) is 2.18. The Morgan fingerprint density at radius 2 is 2.07 bits per heavy atom. The van der Waals surface area contributed by atoms with Gasteiger partial charge in [0, 0.05) is 5.56 Å². The Morgan fingerprint density at radius 3 is 2.67 bits per heavy atom. The lowest BCUT2D eigenvalue weighted by Crippen LogP contribution is -1.81. The van der Waals surface area contributed by atoms with Crippen LogP contribution in [0.2, 0.25) is 0 Å². The summed E-state index contributed by atoms with van der Waals surface area (Å²) in [5, 5.41) is 0. The first kappa shape index (κ1) is 9.71. The van der Waals surface area contributed by atoms with Crippen molar-refractivity contribution < 1.29 is 8.81 Å². The first-order valence-corrected chi connectivity index (χ1v) is 4.69. The number of rotatable bonds is 2. The topological polar surface area (TPSA) is 13.1 Å². The van der Waals surface area contributed by atoms with E-state index < -0.39 is 0 Å². The van der Waals surface area contributed by atoms with Gasteiger partial charge in [-0.1, -0.05) is 12.7 Å². The highest BCUT2D eigenvalue weighted by Crippen LogP contribution is 2.24. The smallest absolute Gasteiger partial charge is 0.134 e. The molecule has 2 rings (SSSR count). The molecule has 0 bridgehead atoms. The van der Waals surface area contributed by atoms with E-state index in [1.807, 2.05) is 25.1 Å². The van der Waals surface area contributed by atoms with Crippen LogP contribution in [0, 0.1) is 12.7 Å². The van der Waals surface area contributed by atoms with Gasteiger partial charge in [0.25, 0.3) is 0 Å². The van der Waals surface area contributed by atoms with Gasteiger partial charge in [0.2, 0.25) is 0 Å². The summed E-state index contributed by atoms with van der Waals surface area (Å²) < 4.78 is 18.6. The van der Waals surface area contributed by atoms with Gasteiger partial charge in [0.05, 0.1) is 0 Å². The van der Waals surface area contributed by atoms with Gasteiger partial charge in [-0.15, -0.1) is 0 Å². The zero-order valence-corrected chi connectivity index (χ0v) is 8.46. The van der Waals surface area contributed by atoms with Crippen molar-refractivity contribution in [1.82, 2.24) is 0 Å². The van der Waals surface area contributed by atoms with Crippen LogP contribution in [-0.4, -0.2) is 0 Å². The first-order valence-electron chi connectivity index (χ1n) is 4.69. The number of aryl methyl sites for hydroxylation is 1. The molecule has 0 saturated heterocycles. The summed E-state index contributed by atoms with van der Waals surface area (Å²) in [5.41, 5.74) is 1.48. The van der Waals surface area contributed by atoms with Gasteiger partial charge in [-0.25, -0.2) is 4.39 Å². The number of hydrogen-bond donors (Lipinski definition) is 0. The van der Waals surface area contributed by atoms with Crippen molar-refractivity contribution in [2.45, 2.75) is 6.92 Å². The zero-order chi connectivity index (χ0) is 10.8. The SMILES string of the molecule is C=Cc1cc(F)cc(-c2ccc(C)o2)c1. The number of furan rings is 1. The van der Waals surface area contributed by atoms with Gasteiger partial charge < -0.3 is 4.42 Å². The molecule has 2 aromatic rings. The second-order valence-corrected chi connectivity index (χ2v) is 3.39. The van der Waals surface area contributed by atoms with E-state index in [9.17, 15) is 4.39 Å². The van der Waals surface area contributed by atoms with E-state index in [1.165, 1.54) is 12.1 Å². The summed E-state index contributed by atoms with van der Waals surface area (Å²) in [7, 11) is 0. The van der Waals surface area contributed by atoms with E-state index in [1.54, 1.807) is 6.08 Å². The normalized spacial score (nSPS) is 10.3. The second-order valence-electron chi connectivity index (χ2n) is 3.39. The Morgan fingerprint density at radius 1 is 1.27 bits per heavy atom. The lowest BCUT2D eigenvalue weighted by atomic mass is 10.1. The van der Waals surface area contributed by atoms with Gasteiger partial charge in [0.1, 0.15) is 17.3 Å². The van der Waals surface area contributed by atoms with Crippen LogP contribution in [0.3, 0.4) is 0 Å². The molecule has 1 aromatic carbocycles. The van der Waals surface area contributed by atoms with E-state index in [2.05, 4.69) is 6.58 Å². The molecule has 0 spiro atoms. The molecule has 1 heterocycles. The Bertz CT molecular complexity index is 497. The minimum atomic E-state index is -0.281. The van der Waals surface area contributed by atoms with E-state index in [0.717, 1.165) is 16.9 Å². The standard InChI is InChI=1S/C13H11FO/c1-3-10-6-11(8-12(14)7-10)13-5-4-9(2)15-13/h3-8H,1H2,2H3. The quantitative estimate of drug-likeness (QED) is 0.716. The van der Waals surface area contributed by atoms with Crippen molar-refractivity contribution in [3.8, 4) is 11.3 Å². The summed E-state index contributed by atoms with van der Waals surface area (Å²) in [6.45, 7) is 5.47. The van der Waals surface area contributed by atoms with Crippen LogP contribution in [-0.2, 0) is 0 Å². The maximum atomic E-state index is 13.2. The maximum absolute atomic E-state index is 13.2. The molecular weight excluding hydrogens is 191 g/mol. The van der Waals surface area contributed by atoms with Crippen molar-refractivity contribution >= 4 is 6.08 Å². The molecule has 76 valence electrons. The average molecular weight is 202 g/mol.